The first-order chi connectivity index (χ1) is 15.5. The molecule has 0 atom stereocenters. The van der Waals surface area contributed by atoms with E-state index in [0.29, 0.717) is 43.9 Å². The first kappa shape index (κ1) is 19.9. The van der Waals surface area contributed by atoms with Gasteiger partial charge in [-0.3, -0.25) is 4.90 Å². The normalized spacial score (nSPS) is 15.5. The van der Waals surface area contributed by atoms with Crippen molar-refractivity contribution in [1.29, 1.82) is 0 Å². The fourth-order valence-corrected chi connectivity index (χ4v) is 4.30. The number of fused-ring (bicyclic) bond motifs is 3. The van der Waals surface area contributed by atoms with Gasteiger partial charge in [-0.1, -0.05) is 6.07 Å². The molecule has 1 saturated heterocycles. The van der Waals surface area contributed by atoms with Gasteiger partial charge in [0.1, 0.15) is 0 Å². The zero-order valence-electron chi connectivity index (χ0n) is 17.6. The molecule has 3 aromatic rings. The van der Waals surface area contributed by atoms with Gasteiger partial charge in [0.15, 0.2) is 0 Å². The minimum absolute atomic E-state index is 0.136. The number of aromatic nitrogens is 1. The Kier molecular flexibility index (Phi) is 4.93. The fourth-order valence-electron chi connectivity index (χ4n) is 4.30. The maximum Gasteiger partial charge on any atom is 0.337 e. The molecular weight excluding hydrogens is 410 g/mol. The number of hydrogen-bond acceptors (Lipinski definition) is 4. The second kappa shape index (κ2) is 7.92. The topological polar surface area (TPSA) is 107 Å². The molecule has 164 valence electrons. The quantitative estimate of drug-likeness (QED) is 0.552. The Hall–Kier alpha value is -4.01. The van der Waals surface area contributed by atoms with Gasteiger partial charge >= 0.3 is 18.0 Å². The van der Waals surface area contributed by atoms with Gasteiger partial charge < -0.3 is 25.3 Å². The van der Waals surface area contributed by atoms with E-state index in [-0.39, 0.29) is 18.0 Å². The number of carbonyl (C=O) groups excluding carboxylic acids is 3. The number of methoxy groups -OCH3 is 1. The average molecular weight is 433 g/mol. The first-order valence-corrected chi connectivity index (χ1v) is 10.5. The maximum atomic E-state index is 13.0. The number of benzene rings is 2. The molecule has 9 nitrogen and oxygen atoms in total. The van der Waals surface area contributed by atoms with Crippen LogP contribution in [0, 0.1) is 0 Å². The molecule has 0 saturated carbocycles. The minimum Gasteiger partial charge on any atom is -0.465 e. The third-order valence-corrected chi connectivity index (χ3v) is 5.95. The van der Waals surface area contributed by atoms with Crippen molar-refractivity contribution in [3.05, 3.63) is 59.3 Å². The highest BCUT2D eigenvalue weighted by Gasteiger charge is 2.25. The van der Waals surface area contributed by atoms with Gasteiger partial charge in [-0.05, 0) is 36.4 Å². The number of urea groups is 2. The molecule has 9 heteroatoms. The van der Waals surface area contributed by atoms with Gasteiger partial charge in [-0.15, -0.1) is 0 Å². The van der Waals surface area contributed by atoms with Crippen LogP contribution in [-0.4, -0.2) is 54.7 Å². The Balaban J connectivity index is 1.35. The number of hydrogen-bond donors (Lipinski definition) is 3. The Morgan fingerprint density at radius 1 is 1.12 bits per heavy atom. The van der Waals surface area contributed by atoms with Crippen molar-refractivity contribution in [2.75, 3.05) is 37.0 Å². The second-order valence-electron chi connectivity index (χ2n) is 7.87. The van der Waals surface area contributed by atoms with Gasteiger partial charge in [0, 0.05) is 66.1 Å². The van der Waals surface area contributed by atoms with Crippen molar-refractivity contribution < 1.29 is 19.1 Å². The van der Waals surface area contributed by atoms with Crippen LogP contribution in [0.2, 0.25) is 0 Å². The summed E-state index contributed by atoms with van der Waals surface area (Å²) in [6.45, 7) is 2.21. The Labute approximate surface area is 184 Å². The first-order valence-electron chi connectivity index (χ1n) is 10.5. The maximum absolute atomic E-state index is 13.0. The number of esters is 1. The molecule has 1 aromatic heterocycles. The lowest BCUT2D eigenvalue weighted by Crippen LogP contribution is -2.38. The molecule has 0 radical (unpaired) electrons. The molecule has 2 aliphatic rings. The van der Waals surface area contributed by atoms with Gasteiger partial charge in [0.2, 0.25) is 0 Å². The van der Waals surface area contributed by atoms with Crippen molar-refractivity contribution in [1.82, 2.24) is 15.2 Å². The van der Waals surface area contributed by atoms with Crippen molar-refractivity contribution in [2.24, 2.45) is 0 Å². The highest BCUT2D eigenvalue weighted by molar-refractivity contribution is 5.97. The van der Waals surface area contributed by atoms with Crippen LogP contribution < -0.4 is 15.5 Å². The number of anilines is 2. The smallest absolute Gasteiger partial charge is 0.337 e. The highest BCUT2D eigenvalue weighted by Crippen LogP contribution is 2.29. The lowest BCUT2D eigenvalue weighted by molar-refractivity contribution is 0.0601. The number of carbonyl (C=O) groups is 3. The predicted molar refractivity (Wildman–Crippen MR) is 120 cm³/mol. The average Bonchev–Trinajstić information content (AvgIpc) is 3.41. The van der Waals surface area contributed by atoms with Crippen LogP contribution in [0.1, 0.15) is 21.6 Å². The van der Waals surface area contributed by atoms with Gasteiger partial charge in [0.05, 0.1) is 12.7 Å². The van der Waals surface area contributed by atoms with Gasteiger partial charge in [-0.2, -0.15) is 0 Å². The summed E-state index contributed by atoms with van der Waals surface area (Å²) in [7, 11) is 1.36. The Morgan fingerprint density at radius 3 is 2.78 bits per heavy atom. The lowest BCUT2D eigenvalue weighted by atomic mass is 10.0. The molecule has 0 spiro atoms. The molecule has 5 rings (SSSR count). The number of amides is 4. The van der Waals surface area contributed by atoms with Gasteiger partial charge in [0.25, 0.3) is 0 Å². The largest absolute Gasteiger partial charge is 0.465 e. The van der Waals surface area contributed by atoms with Crippen molar-refractivity contribution in [3.8, 4) is 0 Å². The molecule has 3 N–H and O–H groups in total. The van der Waals surface area contributed by atoms with Crippen LogP contribution in [-0.2, 0) is 17.7 Å². The van der Waals surface area contributed by atoms with Crippen LogP contribution in [0.4, 0.5) is 21.0 Å². The summed E-state index contributed by atoms with van der Waals surface area (Å²) in [5.74, 6) is -0.390. The van der Waals surface area contributed by atoms with E-state index in [1.54, 1.807) is 28.0 Å². The molecule has 0 bridgehead atoms. The van der Waals surface area contributed by atoms with E-state index in [9.17, 15) is 14.4 Å². The summed E-state index contributed by atoms with van der Waals surface area (Å²) in [4.78, 5) is 43.6. The Morgan fingerprint density at radius 2 is 2.00 bits per heavy atom. The zero-order valence-corrected chi connectivity index (χ0v) is 17.6. The van der Waals surface area contributed by atoms with Crippen LogP contribution in [0.25, 0.3) is 10.9 Å². The third-order valence-electron chi connectivity index (χ3n) is 5.95. The predicted octanol–water partition coefficient (Wildman–Crippen LogP) is 3.07. The highest BCUT2D eigenvalue weighted by atomic mass is 16.5. The fraction of sp³-hybridized carbons (Fsp3) is 0.261. The van der Waals surface area contributed by atoms with Crippen LogP contribution in [0.5, 0.6) is 0 Å². The third kappa shape index (κ3) is 3.51. The number of nitrogens with zero attached hydrogens (tertiary/aromatic N) is 2. The molecule has 32 heavy (non-hydrogen) atoms. The number of nitrogens with one attached hydrogen (secondary N) is 3. The van der Waals surface area contributed by atoms with Gasteiger partial charge in [-0.25, -0.2) is 14.4 Å². The van der Waals surface area contributed by atoms with E-state index < -0.39 is 0 Å². The van der Waals surface area contributed by atoms with Crippen LogP contribution in [0.3, 0.4) is 0 Å². The molecule has 0 aliphatic carbocycles. The molecule has 2 aromatic carbocycles. The van der Waals surface area contributed by atoms with E-state index in [0.717, 1.165) is 27.8 Å². The zero-order chi connectivity index (χ0) is 22.2. The number of H-pyrrole nitrogens is 1. The van der Waals surface area contributed by atoms with E-state index in [1.165, 1.54) is 7.11 Å². The monoisotopic (exact) mass is 433 g/mol. The number of rotatable bonds is 3. The molecule has 2 aliphatic heterocycles. The summed E-state index contributed by atoms with van der Waals surface area (Å²) >= 11 is 0. The minimum atomic E-state index is -0.390. The molecule has 0 unspecified atom stereocenters. The van der Waals surface area contributed by atoms with E-state index in [1.807, 2.05) is 24.3 Å². The standard InChI is InChI=1S/C23H23N5O4/c1-32-21(29)14-5-6-19-17(11-14)18-13-27(9-7-20(18)26-19)23(31)25-15-3-2-4-16(12-15)28-10-8-24-22(28)30/h2-6,11-12,26H,7-10,13H2,1H3,(H,24,30)(H,25,31). The molecule has 4 amide bonds. The SMILES string of the molecule is COC(=O)c1ccc2[nH]c3c(c2c1)CN(C(=O)Nc1cccc(N2CCNC2=O)c1)CC3. The molecular formula is C23H23N5O4. The Bertz CT molecular complexity index is 1230. The summed E-state index contributed by atoms with van der Waals surface area (Å²) < 4.78 is 4.83. The van der Waals surface area contributed by atoms with E-state index in [4.69, 9.17) is 4.74 Å². The summed E-state index contributed by atoms with van der Waals surface area (Å²) in [5, 5.41) is 6.64. The number of aromatic amines is 1. The molecule has 3 heterocycles. The summed E-state index contributed by atoms with van der Waals surface area (Å²) in [5.41, 5.74) is 4.87. The van der Waals surface area contributed by atoms with Crippen LogP contribution >= 0.6 is 0 Å². The van der Waals surface area contributed by atoms with Crippen LogP contribution in [0.15, 0.2) is 42.5 Å². The molecule has 1 fully saturated rings. The summed E-state index contributed by atoms with van der Waals surface area (Å²) in [6, 6.07) is 12.3. The lowest BCUT2D eigenvalue weighted by Gasteiger charge is -2.27. The van der Waals surface area contributed by atoms with E-state index >= 15 is 0 Å². The van der Waals surface area contributed by atoms with Crippen molar-refractivity contribution in [3.63, 3.8) is 0 Å². The summed E-state index contributed by atoms with van der Waals surface area (Å²) in [6.07, 6.45) is 0.693. The number of ether oxygens (including phenoxy) is 1. The van der Waals surface area contributed by atoms with Crippen molar-refractivity contribution >= 4 is 40.3 Å². The van der Waals surface area contributed by atoms with Crippen molar-refractivity contribution in [2.45, 2.75) is 13.0 Å². The van der Waals surface area contributed by atoms with E-state index in [2.05, 4.69) is 15.6 Å². The second-order valence-corrected chi connectivity index (χ2v) is 7.87.